The predicted molar refractivity (Wildman–Crippen MR) is 71.3 cm³/mol. The molecule has 1 aliphatic carbocycles. The van der Waals surface area contributed by atoms with Crippen LogP contribution in [0.25, 0.3) is 0 Å². The van der Waals surface area contributed by atoms with Crippen LogP contribution in [0.2, 0.25) is 0 Å². The average molecular weight is 285 g/mol. The van der Waals surface area contributed by atoms with E-state index in [-0.39, 0.29) is 25.4 Å². The van der Waals surface area contributed by atoms with E-state index in [0.29, 0.717) is 25.0 Å². The SMILES string of the molecule is O=C(O)NCCC1=NN(CC2(F)CCCCC2)C(=O)C1. The first-order valence-corrected chi connectivity index (χ1v) is 7.01. The van der Waals surface area contributed by atoms with Crippen LogP contribution in [-0.4, -0.2) is 46.6 Å². The maximum atomic E-state index is 14.5. The summed E-state index contributed by atoms with van der Waals surface area (Å²) in [5, 5.41) is 16.0. The molecule has 1 aliphatic heterocycles. The van der Waals surface area contributed by atoms with Gasteiger partial charge in [0.2, 0.25) is 5.91 Å². The average Bonchev–Trinajstić information content (AvgIpc) is 2.69. The van der Waals surface area contributed by atoms with Gasteiger partial charge < -0.3 is 10.4 Å². The van der Waals surface area contributed by atoms with Gasteiger partial charge in [0.15, 0.2) is 0 Å². The number of carboxylic acid groups (broad SMARTS) is 1. The normalized spacial score (nSPS) is 21.8. The van der Waals surface area contributed by atoms with Crippen molar-refractivity contribution in [1.29, 1.82) is 0 Å². The highest BCUT2D eigenvalue weighted by atomic mass is 19.1. The second-order valence-electron chi connectivity index (χ2n) is 5.49. The van der Waals surface area contributed by atoms with Gasteiger partial charge in [-0.15, -0.1) is 0 Å². The zero-order valence-electron chi connectivity index (χ0n) is 11.4. The largest absolute Gasteiger partial charge is 0.465 e. The van der Waals surface area contributed by atoms with Crippen molar-refractivity contribution in [1.82, 2.24) is 10.3 Å². The fourth-order valence-electron chi connectivity index (χ4n) is 2.72. The van der Waals surface area contributed by atoms with E-state index in [1.807, 2.05) is 0 Å². The molecular weight excluding hydrogens is 265 g/mol. The van der Waals surface area contributed by atoms with Crippen LogP contribution in [0.3, 0.4) is 0 Å². The number of carbonyl (C=O) groups is 2. The van der Waals surface area contributed by atoms with Crippen LogP contribution in [0.1, 0.15) is 44.9 Å². The number of alkyl halides is 1. The number of nitrogens with zero attached hydrogens (tertiary/aromatic N) is 2. The summed E-state index contributed by atoms with van der Waals surface area (Å²) in [6.07, 6.45) is 3.19. The summed E-state index contributed by atoms with van der Waals surface area (Å²) in [5.74, 6) is -0.196. The molecule has 0 atom stereocenters. The number of hydrazone groups is 1. The molecule has 0 radical (unpaired) electrons. The lowest BCUT2D eigenvalue weighted by molar-refractivity contribution is -0.131. The first-order chi connectivity index (χ1) is 9.48. The molecule has 1 saturated carbocycles. The Labute approximate surface area is 117 Å². The van der Waals surface area contributed by atoms with Gasteiger partial charge >= 0.3 is 6.09 Å². The Kier molecular flexibility index (Phi) is 4.57. The first kappa shape index (κ1) is 14.7. The van der Waals surface area contributed by atoms with Crippen molar-refractivity contribution in [3.63, 3.8) is 0 Å². The van der Waals surface area contributed by atoms with Crippen molar-refractivity contribution in [3.05, 3.63) is 0 Å². The number of hydrogen-bond acceptors (Lipinski definition) is 3. The van der Waals surface area contributed by atoms with Crippen molar-refractivity contribution in [2.24, 2.45) is 5.10 Å². The second kappa shape index (κ2) is 6.19. The maximum absolute atomic E-state index is 14.5. The smallest absolute Gasteiger partial charge is 0.404 e. The molecule has 0 aromatic heterocycles. The Balaban J connectivity index is 1.86. The highest BCUT2D eigenvalue weighted by molar-refractivity contribution is 6.05. The molecule has 2 amide bonds. The molecule has 1 fully saturated rings. The van der Waals surface area contributed by atoms with Gasteiger partial charge in [-0.25, -0.2) is 14.2 Å². The predicted octanol–water partition coefficient (Wildman–Crippen LogP) is 1.90. The molecule has 1 heterocycles. The van der Waals surface area contributed by atoms with Crippen LogP contribution < -0.4 is 5.32 Å². The number of carbonyl (C=O) groups excluding carboxylic acids is 1. The third-order valence-electron chi connectivity index (χ3n) is 3.78. The lowest BCUT2D eigenvalue weighted by atomic mass is 9.86. The van der Waals surface area contributed by atoms with E-state index in [4.69, 9.17) is 5.11 Å². The molecule has 0 unspecified atom stereocenters. The molecule has 112 valence electrons. The minimum atomic E-state index is -1.31. The maximum Gasteiger partial charge on any atom is 0.404 e. The quantitative estimate of drug-likeness (QED) is 0.809. The molecule has 0 spiro atoms. The Bertz CT molecular complexity index is 419. The molecule has 20 heavy (non-hydrogen) atoms. The van der Waals surface area contributed by atoms with Crippen LogP contribution >= 0.6 is 0 Å². The van der Waals surface area contributed by atoms with E-state index >= 15 is 0 Å². The minimum Gasteiger partial charge on any atom is -0.465 e. The van der Waals surface area contributed by atoms with E-state index in [9.17, 15) is 14.0 Å². The number of rotatable bonds is 5. The van der Waals surface area contributed by atoms with Crippen LogP contribution in [0.4, 0.5) is 9.18 Å². The Hall–Kier alpha value is -1.66. The standard InChI is InChI=1S/C13H20FN3O3/c14-13(5-2-1-3-6-13)9-17-11(18)8-10(16-17)4-7-15-12(19)20/h15H,1-9H2,(H,19,20). The molecule has 0 aromatic rings. The molecule has 0 bridgehead atoms. The molecule has 2 aliphatic rings. The Morgan fingerprint density at radius 1 is 1.40 bits per heavy atom. The molecule has 7 heteroatoms. The number of halogens is 1. The number of hydrogen-bond donors (Lipinski definition) is 2. The molecule has 2 rings (SSSR count). The van der Waals surface area contributed by atoms with Crippen molar-refractivity contribution in [2.45, 2.75) is 50.6 Å². The molecule has 0 saturated heterocycles. The molecule has 0 aromatic carbocycles. The van der Waals surface area contributed by atoms with Gasteiger partial charge in [0.25, 0.3) is 0 Å². The van der Waals surface area contributed by atoms with Gasteiger partial charge in [-0.05, 0) is 12.8 Å². The topological polar surface area (TPSA) is 82.0 Å². The van der Waals surface area contributed by atoms with Gasteiger partial charge in [0.05, 0.1) is 13.0 Å². The van der Waals surface area contributed by atoms with E-state index in [1.54, 1.807) is 0 Å². The number of nitrogens with one attached hydrogen (secondary N) is 1. The van der Waals surface area contributed by atoms with E-state index in [1.165, 1.54) is 5.01 Å². The van der Waals surface area contributed by atoms with Crippen LogP contribution in [0.5, 0.6) is 0 Å². The lowest BCUT2D eigenvalue weighted by Gasteiger charge is -2.31. The van der Waals surface area contributed by atoms with Gasteiger partial charge in [-0.1, -0.05) is 19.3 Å². The summed E-state index contributed by atoms with van der Waals surface area (Å²) in [6, 6.07) is 0. The monoisotopic (exact) mass is 285 g/mol. The molecule has 2 N–H and O–H groups in total. The van der Waals surface area contributed by atoms with Gasteiger partial charge in [-0.3, -0.25) is 4.79 Å². The van der Waals surface area contributed by atoms with Crippen molar-refractivity contribution in [2.75, 3.05) is 13.1 Å². The zero-order chi connectivity index (χ0) is 14.6. The Morgan fingerprint density at radius 2 is 2.10 bits per heavy atom. The summed E-state index contributed by atoms with van der Waals surface area (Å²) >= 11 is 0. The fraction of sp³-hybridized carbons (Fsp3) is 0.769. The second-order valence-corrected chi connectivity index (χ2v) is 5.49. The van der Waals surface area contributed by atoms with Gasteiger partial charge in [0.1, 0.15) is 5.67 Å². The minimum absolute atomic E-state index is 0.0295. The Morgan fingerprint density at radius 3 is 2.75 bits per heavy atom. The lowest BCUT2D eigenvalue weighted by Crippen LogP contribution is -2.40. The summed E-state index contributed by atoms with van der Waals surface area (Å²) in [6.45, 7) is 0.248. The van der Waals surface area contributed by atoms with Crippen LogP contribution in [-0.2, 0) is 4.79 Å². The third kappa shape index (κ3) is 3.91. The molecular formula is C13H20FN3O3. The van der Waals surface area contributed by atoms with E-state index in [2.05, 4.69) is 10.4 Å². The van der Waals surface area contributed by atoms with Gasteiger partial charge in [0, 0.05) is 18.7 Å². The summed E-state index contributed by atoms with van der Waals surface area (Å²) in [7, 11) is 0. The fourth-order valence-corrected chi connectivity index (χ4v) is 2.72. The zero-order valence-corrected chi connectivity index (χ0v) is 11.4. The van der Waals surface area contributed by atoms with Crippen LogP contribution in [0, 0.1) is 0 Å². The van der Waals surface area contributed by atoms with E-state index in [0.717, 1.165) is 19.3 Å². The number of amides is 2. The first-order valence-electron chi connectivity index (χ1n) is 7.01. The summed E-state index contributed by atoms with van der Waals surface area (Å²) < 4.78 is 14.5. The van der Waals surface area contributed by atoms with Crippen molar-refractivity contribution in [3.8, 4) is 0 Å². The van der Waals surface area contributed by atoms with Crippen LogP contribution in [0.15, 0.2) is 5.10 Å². The highest BCUT2D eigenvalue weighted by Gasteiger charge is 2.37. The summed E-state index contributed by atoms with van der Waals surface area (Å²) in [4.78, 5) is 22.1. The van der Waals surface area contributed by atoms with E-state index < -0.39 is 11.8 Å². The third-order valence-corrected chi connectivity index (χ3v) is 3.78. The molecule has 6 nitrogen and oxygen atoms in total. The highest BCUT2D eigenvalue weighted by Crippen LogP contribution is 2.33. The van der Waals surface area contributed by atoms with Crippen molar-refractivity contribution < 1.29 is 19.1 Å². The van der Waals surface area contributed by atoms with Crippen molar-refractivity contribution >= 4 is 17.7 Å². The van der Waals surface area contributed by atoms with Gasteiger partial charge in [-0.2, -0.15) is 5.10 Å². The summed E-state index contributed by atoms with van der Waals surface area (Å²) in [5.41, 5.74) is -0.699.